The van der Waals surface area contributed by atoms with Gasteiger partial charge in [0, 0.05) is 29.9 Å². The van der Waals surface area contributed by atoms with Gasteiger partial charge in [-0.25, -0.2) is 0 Å². The molecule has 1 heterocycles. The molecule has 0 aromatic carbocycles. The minimum atomic E-state index is 0.244. The molecule has 0 unspecified atom stereocenters. The minimum absolute atomic E-state index is 0.244. The van der Waals surface area contributed by atoms with Gasteiger partial charge in [0.15, 0.2) is 0 Å². The first-order valence-corrected chi connectivity index (χ1v) is 7.77. The highest BCUT2D eigenvalue weighted by molar-refractivity contribution is 7.10. The van der Waals surface area contributed by atoms with Gasteiger partial charge in [0.05, 0.1) is 0 Å². The zero-order valence-corrected chi connectivity index (χ0v) is 12.9. The van der Waals surface area contributed by atoms with Crippen LogP contribution >= 0.6 is 11.3 Å². The standard InChI is InChI=1S/C15H26N2S/c1-12-5-8-18-13(12)14(2,3)9-17-11-15(6-7-15)10-16-4/h5,8,16-17H,6-7,9-11H2,1-4H3. The molecule has 0 saturated heterocycles. The highest BCUT2D eigenvalue weighted by Crippen LogP contribution is 2.44. The largest absolute Gasteiger partial charge is 0.319 e. The molecule has 0 amide bonds. The fourth-order valence-corrected chi connectivity index (χ4v) is 3.81. The molecule has 0 bridgehead atoms. The molecule has 2 N–H and O–H groups in total. The lowest BCUT2D eigenvalue weighted by atomic mass is 9.89. The Kier molecular flexibility index (Phi) is 4.15. The number of thiophene rings is 1. The monoisotopic (exact) mass is 266 g/mol. The normalized spacial score (nSPS) is 18.0. The molecule has 1 aromatic rings. The van der Waals surface area contributed by atoms with Gasteiger partial charge in [-0.3, -0.25) is 0 Å². The van der Waals surface area contributed by atoms with Crippen molar-refractivity contribution in [2.75, 3.05) is 26.7 Å². The fraction of sp³-hybridized carbons (Fsp3) is 0.733. The van der Waals surface area contributed by atoms with Crippen molar-refractivity contribution in [3.05, 3.63) is 21.9 Å². The van der Waals surface area contributed by atoms with Gasteiger partial charge in [0.25, 0.3) is 0 Å². The molecule has 0 spiro atoms. The van der Waals surface area contributed by atoms with E-state index in [0.29, 0.717) is 5.41 Å². The van der Waals surface area contributed by atoms with Gasteiger partial charge in [0.1, 0.15) is 0 Å². The lowest BCUT2D eigenvalue weighted by molar-refractivity contribution is 0.398. The second kappa shape index (κ2) is 5.32. The van der Waals surface area contributed by atoms with E-state index in [2.05, 4.69) is 49.9 Å². The van der Waals surface area contributed by atoms with Crippen LogP contribution in [0.5, 0.6) is 0 Å². The van der Waals surface area contributed by atoms with E-state index in [4.69, 9.17) is 0 Å². The SMILES string of the molecule is CNCC1(CNCC(C)(C)c2sccc2C)CC1. The van der Waals surface area contributed by atoms with Crippen LogP contribution in [0.25, 0.3) is 0 Å². The van der Waals surface area contributed by atoms with Crippen molar-refractivity contribution in [1.82, 2.24) is 10.6 Å². The molecule has 1 aliphatic rings. The first-order chi connectivity index (χ1) is 8.49. The van der Waals surface area contributed by atoms with E-state index in [1.54, 1.807) is 0 Å². The van der Waals surface area contributed by atoms with Gasteiger partial charge in [-0.05, 0) is 49.2 Å². The van der Waals surface area contributed by atoms with Gasteiger partial charge in [-0.2, -0.15) is 0 Å². The Bertz CT molecular complexity index is 391. The Morgan fingerprint density at radius 2 is 2.06 bits per heavy atom. The summed E-state index contributed by atoms with van der Waals surface area (Å²) in [6, 6.07) is 2.23. The molecule has 2 rings (SSSR count). The molecular weight excluding hydrogens is 240 g/mol. The van der Waals surface area contributed by atoms with Crippen LogP contribution < -0.4 is 10.6 Å². The Morgan fingerprint density at radius 3 is 2.56 bits per heavy atom. The van der Waals surface area contributed by atoms with E-state index in [9.17, 15) is 0 Å². The van der Waals surface area contributed by atoms with Crippen LogP contribution in [0.1, 0.15) is 37.1 Å². The van der Waals surface area contributed by atoms with Crippen LogP contribution in [0.4, 0.5) is 0 Å². The van der Waals surface area contributed by atoms with Crippen molar-refractivity contribution in [1.29, 1.82) is 0 Å². The molecule has 1 fully saturated rings. The second-order valence-electron chi connectivity index (χ2n) is 6.45. The zero-order valence-electron chi connectivity index (χ0n) is 12.1. The number of hydrogen-bond donors (Lipinski definition) is 2. The highest BCUT2D eigenvalue weighted by Gasteiger charge is 2.41. The van der Waals surface area contributed by atoms with Gasteiger partial charge in [-0.15, -0.1) is 11.3 Å². The van der Waals surface area contributed by atoms with E-state index < -0.39 is 0 Å². The Balaban J connectivity index is 1.84. The Morgan fingerprint density at radius 1 is 1.33 bits per heavy atom. The molecule has 1 aliphatic carbocycles. The maximum atomic E-state index is 3.70. The molecule has 18 heavy (non-hydrogen) atoms. The lowest BCUT2D eigenvalue weighted by Crippen LogP contribution is -2.38. The van der Waals surface area contributed by atoms with Crippen molar-refractivity contribution in [2.24, 2.45) is 5.41 Å². The molecule has 1 aromatic heterocycles. The van der Waals surface area contributed by atoms with E-state index in [1.807, 2.05) is 11.3 Å². The lowest BCUT2D eigenvalue weighted by Gasteiger charge is -2.26. The molecule has 3 heteroatoms. The van der Waals surface area contributed by atoms with Crippen LogP contribution in [0.3, 0.4) is 0 Å². The third-order valence-corrected chi connectivity index (χ3v) is 5.44. The fourth-order valence-electron chi connectivity index (χ4n) is 2.75. The minimum Gasteiger partial charge on any atom is -0.319 e. The summed E-state index contributed by atoms with van der Waals surface area (Å²) >= 11 is 1.89. The van der Waals surface area contributed by atoms with Crippen molar-refractivity contribution >= 4 is 11.3 Å². The average molecular weight is 266 g/mol. The van der Waals surface area contributed by atoms with Crippen LogP contribution in [0.2, 0.25) is 0 Å². The first-order valence-electron chi connectivity index (χ1n) is 6.89. The van der Waals surface area contributed by atoms with E-state index >= 15 is 0 Å². The van der Waals surface area contributed by atoms with Crippen molar-refractivity contribution < 1.29 is 0 Å². The van der Waals surface area contributed by atoms with Gasteiger partial charge in [0.2, 0.25) is 0 Å². The summed E-state index contributed by atoms with van der Waals surface area (Å²) < 4.78 is 0. The van der Waals surface area contributed by atoms with E-state index in [-0.39, 0.29) is 5.41 Å². The predicted molar refractivity (Wildman–Crippen MR) is 80.5 cm³/mol. The van der Waals surface area contributed by atoms with Crippen molar-refractivity contribution in [3.63, 3.8) is 0 Å². The molecular formula is C15H26N2S. The number of nitrogens with one attached hydrogen (secondary N) is 2. The number of aryl methyl sites for hydroxylation is 1. The van der Waals surface area contributed by atoms with Gasteiger partial charge < -0.3 is 10.6 Å². The van der Waals surface area contributed by atoms with Crippen LogP contribution in [-0.4, -0.2) is 26.7 Å². The van der Waals surface area contributed by atoms with Crippen LogP contribution in [0, 0.1) is 12.3 Å². The van der Waals surface area contributed by atoms with Crippen molar-refractivity contribution in [3.8, 4) is 0 Å². The summed E-state index contributed by atoms with van der Waals surface area (Å²) in [6.45, 7) is 10.3. The molecule has 1 saturated carbocycles. The topological polar surface area (TPSA) is 24.1 Å². The average Bonchev–Trinajstić information content (AvgIpc) is 2.89. The van der Waals surface area contributed by atoms with Crippen molar-refractivity contribution in [2.45, 2.75) is 39.0 Å². The number of rotatable bonds is 7. The molecule has 102 valence electrons. The van der Waals surface area contributed by atoms with Gasteiger partial charge in [-0.1, -0.05) is 13.8 Å². The quantitative estimate of drug-likeness (QED) is 0.793. The summed E-state index contributed by atoms with van der Waals surface area (Å²) in [5.41, 5.74) is 2.23. The maximum absolute atomic E-state index is 3.70. The summed E-state index contributed by atoms with van der Waals surface area (Å²) in [7, 11) is 2.05. The third kappa shape index (κ3) is 3.14. The smallest absolute Gasteiger partial charge is 0.0143 e. The maximum Gasteiger partial charge on any atom is 0.0143 e. The summed E-state index contributed by atoms with van der Waals surface area (Å²) in [6.07, 6.45) is 2.75. The number of hydrogen-bond acceptors (Lipinski definition) is 3. The van der Waals surface area contributed by atoms with E-state index in [1.165, 1.54) is 23.3 Å². The Hall–Kier alpha value is -0.380. The van der Waals surface area contributed by atoms with Crippen LogP contribution in [0.15, 0.2) is 11.4 Å². The molecule has 2 nitrogen and oxygen atoms in total. The summed E-state index contributed by atoms with van der Waals surface area (Å²) in [4.78, 5) is 1.52. The molecule has 0 radical (unpaired) electrons. The summed E-state index contributed by atoms with van der Waals surface area (Å²) in [5.74, 6) is 0. The molecule has 0 aliphatic heterocycles. The first kappa shape index (κ1) is 14.0. The predicted octanol–water partition coefficient (Wildman–Crippen LogP) is 2.92. The van der Waals surface area contributed by atoms with E-state index in [0.717, 1.165) is 19.6 Å². The van der Waals surface area contributed by atoms with Crippen LogP contribution in [-0.2, 0) is 5.41 Å². The summed E-state index contributed by atoms with van der Waals surface area (Å²) in [5, 5.41) is 9.22. The third-order valence-electron chi connectivity index (χ3n) is 4.05. The zero-order chi connectivity index (χ0) is 13.2. The highest BCUT2D eigenvalue weighted by atomic mass is 32.1. The Labute approximate surface area is 115 Å². The second-order valence-corrected chi connectivity index (χ2v) is 7.37. The molecule has 0 atom stereocenters. The van der Waals surface area contributed by atoms with Gasteiger partial charge >= 0.3 is 0 Å².